The van der Waals surface area contributed by atoms with E-state index in [9.17, 15) is 5.11 Å². The molecule has 84 valence electrons. The van der Waals surface area contributed by atoms with E-state index in [-0.39, 0.29) is 5.75 Å². The summed E-state index contributed by atoms with van der Waals surface area (Å²) in [6.45, 7) is 0. The molecule has 0 bridgehead atoms. The van der Waals surface area contributed by atoms with Gasteiger partial charge in [-0.2, -0.15) is 0 Å². The quantitative estimate of drug-likeness (QED) is 0.885. The van der Waals surface area contributed by atoms with Crippen LogP contribution >= 0.6 is 15.9 Å². The standard InChI is InChI=1S/C10H9BrN2O3/c1-15-9-2-5(6(11)3-7(9)14)8-4-10(12)13-16-8/h2-4,14H,1H3,(H2,12,13). The number of benzene rings is 1. The number of phenols is 1. The average molecular weight is 285 g/mol. The fourth-order valence-electron chi connectivity index (χ4n) is 1.31. The maximum atomic E-state index is 9.54. The molecule has 0 aliphatic rings. The Bertz CT molecular complexity index is 525. The number of anilines is 1. The third-order valence-corrected chi connectivity index (χ3v) is 2.72. The van der Waals surface area contributed by atoms with Gasteiger partial charge in [0.1, 0.15) is 0 Å². The van der Waals surface area contributed by atoms with Crippen LogP contribution in [0.15, 0.2) is 27.2 Å². The first-order valence-electron chi connectivity index (χ1n) is 4.41. The molecule has 5 nitrogen and oxygen atoms in total. The number of halogens is 1. The van der Waals surface area contributed by atoms with Crippen LogP contribution < -0.4 is 10.5 Å². The van der Waals surface area contributed by atoms with Crippen molar-refractivity contribution in [3.8, 4) is 22.8 Å². The highest BCUT2D eigenvalue weighted by Crippen LogP contribution is 2.38. The van der Waals surface area contributed by atoms with Gasteiger partial charge in [-0.1, -0.05) is 5.16 Å². The van der Waals surface area contributed by atoms with Crippen molar-refractivity contribution in [3.63, 3.8) is 0 Å². The van der Waals surface area contributed by atoms with Crippen LogP contribution in [-0.4, -0.2) is 17.4 Å². The summed E-state index contributed by atoms with van der Waals surface area (Å²) < 4.78 is 10.7. The summed E-state index contributed by atoms with van der Waals surface area (Å²) in [7, 11) is 1.47. The van der Waals surface area contributed by atoms with Gasteiger partial charge in [-0.05, 0) is 28.1 Å². The smallest absolute Gasteiger partial charge is 0.170 e. The molecule has 6 heteroatoms. The second-order valence-electron chi connectivity index (χ2n) is 3.12. The molecule has 16 heavy (non-hydrogen) atoms. The molecule has 0 saturated heterocycles. The Morgan fingerprint density at radius 2 is 2.19 bits per heavy atom. The topological polar surface area (TPSA) is 81.5 Å². The predicted octanol–water partition coefficient (Wildman–Crippen LogP) is 2.40. The Kier molecular flexibility index (Phi) is 2.74. The minimum absolute atomic E-state index is 0.0469. The van der Waals surface area contributed by atoms with Crippen molar-refractivity contribution < 1.29 is 14.4 Å². The first kappa shape index (κ1) is 10.8. The van der Waals surface area contributed by atoms with Gasteiger partial charge < -0.3 is 20.1 Å². The second kappa shape index (κ2) is 4.05. The predicted molar refractivity (Wildman–Crippen MR) is 62.3 cm³/mol. The third kappa shape index (κ3) is 1.83. The van der Waals surface area contributed by atoms with Gasteiger partial charge in [-0.15, -0.1) is 0 Å². The molecule has 2 rings (SSSR count). The van der Waals surface area contributed by atoms with Crippen LogP contribution in [0.2, 0.25) is 0 Å². The Balaban J connectivity index is 2.56. The van der Waals surface area contributed by atoms with Crippen molar-refractivity contribution >= 4 is 21.7 Å². The maximum Gasteiger partial charge on any atom is 0.170 e. The summed E-state index contributed by atoms with van der Waals surface area (Å²) >= 11 is 3.31. The minimum atomic E-state index is 0.0469. The summed E-state index contributed by atoms with van der Waals surface area (Å²) in [6, 6.07) is 4.75. The first-order valence-corrected chi connectivity index (χ1v) is 5.20. The number of rotatable bonds is 2. The highest BCUT2D eigenvalue weighted by Gasteiger charge is 2.13. The molecule has 0 spiro atoms. The highest BCUT2D eigenvalue weighted by atomic mass is 79.9. The van der Waals surface area contributed by atoms with E-state index >= 15 is 0 Å². The molecule has 1 aromatic heterocycles. The third-order valence-electron chi connectivity index (χ3n) is 2.06. The van der Waals surface area contributed by atoms with E-state index in [0.717, 1.165) is 0 Å². The zero-order chi connectivity index (χ0) is 11.7. The van der Waals surface area contributed by atoms with Crippen LogP contribution in [-0.2, 0) is 0 Å². The summed E-state index contributed by atoms with van der Waals surface area (Å²) in [6.07, 6.45) is 0. The van der Waals surface area contributed by atoms with Gasteiger partial charge >= 0.3 is 0 Å². The highest BCUT2D eigenvalue weighted by molar-refractivity contribution is 9.10. The summed E-state index contributed by atoms with van der Waals surface area (Å²) in [5, 5.41) is 13.1. The lowest BCUT2D eigenvalue weighted by atomic mass is 10.1. The maximum absolute atomic E-state index is 9.54. The molecule has 0 aliphatic carbocycles. The Morgan fingerprint density at radius 3 is 2.75 bits per heavy atom. The lowest BCUT2D eigenvalue weighted by Crippen LogP contribution is -1.86. The van der Waals surface area contributed by atoms with Crippen LogP contribution in [0.25, 0.3) is 11.3 Å². The van der Waals surface area contributed by atoms with E-state index in [4.69, 9.17) is 15.0 Å². The fraction of sp³-hybridized carbons (Fsp3) is 0.100. The lowest BCUT2D eigenvalue weighted by molar-refractivity contribution is 0.373. The van der Waals surface area contributed by atoms with E-state index in [2.05, 4.69) is 21.1 Å². The van der Waals surface area contributed by atoms with Crippen molar-refractivity contribution in [1.82, 2.24) is 5.16 Å². The Labute approximate surface area is 99.9 Å². The number of phenolic OH excluding ortho intramolecular Hbond substituents is 1. The molecule has 0 saturated carbocycles. The van der Waals surface area contributed by atoms with Crippen molar-refractivity contribution in [3.05, 3.63) is 22.7 Å². The van der Waals surface area contributed by atoms with Gasteiger partial charge in [0.2, 0.25) is 0 Å². The Morgan fingerprint density at radius 1 is 1.44 bits per heavy atom. The van der Waals surface area contributed by atoms with Gasteiger partial charge in [0, 0.05) is 16.1 Å². The second-order valence-corrected chi connectivity index (χ2v) is 3.97. The van der Waals surface area contributed by atoms with Gasteiger partial charge in [-0.3, -0.25) is 0 Å². The monoisotopic (exact) mass is 284 g/mol. The van der Waals surface area contributed by atoms with Gasteiger partial charge in [0.25, 0.3) is 0 Å². The molecular weight excluding hydrogens is 276 g/mol. The van der Waals surface area contributed by atoms with E-state index in [1.54, 1.807) is 12.1 Å². The van der Waals surface area contributed by atoms with Crippen molar-refractivity contribution in [2.45, 2.75) is 0 Å². The SMILES string of the molecule is COc1cc(-c2cc(N)no2)c(Br)cc1O. The average Bonchev–Trinajstić information content (AvgIpc) is 2.65. The molecule has 2 aromatic rings. The number of nitrogens with two attached hydrogens (primary N) is 1. The molecule has 3 N–H and O–H groups in total. The van der Waals surface area contributed by atoms with Crippen LogP contribution in [0, 0.1) is 0 Å². The van der Waals surface area contributed by atoms with Gasteiger partial charge in [0.15, 0.2) is 23.1 Å². The zero-order valence-corrected chi connectivity index (χ0v) is 9.98. The van der Waals surface area contributed by atoms with Crippen molar-refractivity contribution in [1.29, 1.82) is 0 Å². The summed E-state index contributed by atoms with van der Waals surface area (Å²) in [5.41, 5.74) is 6.17. The summed E-state index contributed by atoms with van der Waals surface area (Å²) in [5.74, 6) is 1.20. The van der Waals surface area contributed by atoms with E-state index in [0.29, 0.717) is 27.4 Å². The summed E-state index contributed by atoms with van der Waals surface area (Å²) in [4.78, 5) is 0. The molecule has 0 amide bonds. The normalized spacial score (nSPS) is 10.4. The number of ether oxygens (including phenoxy) is 1. The fourth-order valence-corrected chi connectivity index (χ4v) is 1.84. The van der Waals surface area contributed by atoms with E-state index in [1.807, 2.05) is 0 Å². The number of nitrogens with zero attached hydrogens (tertiary/aromatic N) is 1. The van der Waals surface area contributed by atoms with E-state index < -0.39 is 0 Å². The van der Waals surface area contributed by atoms with E-state index in [1.165, 1.54) is 13.2 Å². The number of aromatic nitrogens is 1. The number of methoxy groups -OCH3 is 1. The molecular formula is C10H9BrN2O3. The largest absolute Gasteiger partial charge is 0.504 e. The molecule has 0 radical (unpaired) electrons. The van der Waals surface area contributed by atoms with Crippen molar-refractivity contribution in [2.75, 3.05) is 12.8 Å². The lowest BCUT2D eigenvalue weighted by Gasteiger charge is -2.06. The number of hydrogen-bond donors (Lipinski definition) is 2. The molecule has 0 unspecified atom stereocenters. The molecule has 1 aromatic carbocycles. The minimum Gasteiger partial charge on any atom is -0.504 e. The van der Waals surface area contributed by atoms with Crippen LogP contribution in [0.3, 0.4) is 0 Å². The zero-order valence-electron chi connectivity index (χ0n) is 8.40. The Hall–Kier alpha value is -1.69. The molecule has 0 aliphatic heterocycles. The van der Waals surface area contributed by atoms with Crippen LogP contribution in [0.5, 0.6) is 11.5 Å². The number of nitrogen functional groups attached to an aromatic ring is 1. The molecule has 0 fully saturated rings. The number of hydrogen-bond acceptors (Lipinski definition) is 5. The van der Waals surface area contributed by atoms with Crippen LogP contribution in [0.1, 0.15) is 0 Å². The molecule has 0 atom stereocenters. The molecule has 1 heterocycles. The van der Waals surface area contributed by atoms with Gasteiger partial charge in [0.05, 0.1) is 7.11 Å². The van der Waals surface area contributed by atoms with Crippen molar-refractivity contribution in [2.24, 2.45) is 0 Å². The van der Waals surface area contributed by atoms with Crippen LogP contribution in [0.4, 0.5) is 5.82 Å². The number of aromatic hydroxyl groups is 1. The first-order chi connectivity index (χ1) is 7.61. The van der Waals surface area contributed by atoms with Gasteiger partial charge in [-0.25, -0.2) is 0 Å².